The van der Waals surface area contributed by atoms with Crippen LogP contribution in [0.2, 0.25) is 0 Å². The van der Waals surface area contributed by atoms with Crippen molar-refractivity contribution in [3.63, 3.8) is 0 Å². The van der Waals surface area contributed by atoms with Crippen molar-refractivity contribution < 1.29 is 22.7 Å². The van der Waals surface area contributed by atoms with Gasteiger partial charge < -0.3 is 14.8 Å². The molecular weight excluding hydrogens is 354 g/mol. The highest BCUT2D eigenvalue weighted by atomic mass is 32.2. The third kappa shape index (κ3) is 4.76. The zero-order valence-corrected chi connectivity index (χ0v) is 15.9. The maximum Gasteiger partial charge on any atom is 0.225 e. The van der Waals surface area contributed by atoms with Crippen LogP contribution < -0.4 is 14.8 Å². The summed E-state index contributed by atoms with van der Waals surface area (Å²) in [6, 6.07) is 11.8. The number of anilines is 1. The van der Waals surface area contributed by atoms with E-state index in [4.69, 9.17) is 9.47 Å². The summed E-state index contributed by atoms with van der Waals surface area (Å²) < 4.78 is 35.2. The monoisotopic (exact) mass is 377 g/mol. The number of nitrogens with one attached hydrogen (secondary N) is 1. The molecule has 0 bridgehead atoms. The first-order chi connectivity index (χ1) is 12.4. The van der Waals surface area contributed by atoms with E-state index in [1.54, 1.807) is 6.07 Å². The number of ether oxygens (including phenoxy) is 2. The summed E-state index contributed by atoms with van der Waals surface area (Å²) in [5.74, 6) is 0.146. The number of amides is 1. The Bertz CT molecular complexity index is 877. The highest BCUT2D eigenvalue weighted by Gasteiger charge is 2.19. The Morgan fingerprint density at radius 3 is 2.38 bits per heavy atom. The first kappa shape index (κ1) is 19.8. The Kier molecular flexibility index (Phi) is 6.63. The van der Waals surface area contributed by atoms with E-state index in [9.17, 15) is 13.2 Å². The van der Waals surface area contributed by atoms with Gasteiger partial charge in [0, 0.05) is 18.2 Å². The number of hydrogen-bond donors (Lipinski definition) is 1. The minimum Gasteiger partial charge on any atom is -0.493 e. The molecule has 0 aliphatic carbocycles. The molecule has 0 spiro atoms. The first-order valence-electron chi connectivity index (χ1n) is 8.23. The van der Waals surface area contributed by atoms with Crippen molar-refractivity contribution in [3.05, 3.63) is 48.0 Å². The molecule has 0 unspecified atom stereocenters. The molecule has 6 nitrogen and oxygen atoms in total. The van der Waals surface area contributed by atoms with E-state index in [2.05, 4.69) is 5.32 Å². The Morgan fingerprint density at radius 2 is 1.73 bits per heavy atom. The number of sulfone groups is 1. The lowest BCUT2D eigenvalue weighted by Crippen LogP contribution is -2.18. The van der Waals surface area contributed by atoms with Crippen molar-refractivity contribution >= 4 is 21.4 Å². The largest absolute Gasteiger partial charge is 0.493 e. The molecule has 0 heterocycles. The maximum atomic E-state index is 12.5. The smallest absolute Gasteiger partial charge is 0.225 e. The summed E-state index contributed by atoms with van der Waals surface area (Å²) in [4.78, 5) is 12.3. The van der Waals surface area contributed by atoms with E-state index in [-0.39, 0.29) is 23.0 Å². The predicted molar refractivity (Wildman–Crippen MR) is 101 cm³/mol. The lowest BCUT2D eigenvalue weighted by molar-refractivity contribution is -0.115. The van der Waals surface area contributed by atoms with Crippen molar-refractivity contribution in [1.82, 2.24) is 0 Å². The number of rotatable bonds is 8. The van der Waals surface area contributed by atoms with Gasteiger partial charge in [0.1, 0.15) is 0 Å². The molecule has 0 aromatic heterocycles. The van der Waals surface area contributed by atoms with Crippen LogP contribution in [-0.4, -0.2) is 34.3 Å². The molecule has 2 aromatic rings. The number of carbonyl (C=O) groups is 1. The van der Waals surface area contributed by atoms with E-state index in [0.717, 1.165) is 12.0 Å². The molecule has 7 heteroatoms. The van der Waals surface area contributed by atoms with Gasteiger partial charge in [0.25, 0.3) is 0 Å². The molecule has 1 amide bonds. The Labute approximate surface area is 154 Å². The molecule has 0 saturated heterocycles. The molecule has 0 aliphatic rings. The second kappa shape index (κ2) is 8.71. The number of benzene rings is 2. The molecule has 140 valence electrons. The number of aryl methyl sites for hydroxylation is 1. The minimum absolute atomic E-state index is 0.0944. The van der Waals surface area contributed by atoms with Gasteiger partial charge in [0.15, 0.2) is 21.3 Å². The van der Waals surface area contributed by atoms with Crippen LogP contribution >= 0.6 is 0 Å². The van der Waals surface area contributed by atoms with E-state index in [1.807, 2.05) is 25.1 Å². The van der Waals surface area contributed by atoms with Gasteiger partial charge in [-0.1, -0.05) is 25.1 Å². The maximum absolute atomic E-state index is 12.5. The molecule has 0 saturated carbocycles. The van der Waals surface area contributed by atoms with E-state index < -0.39 is 9.84 Å². The standard InChI is InChI=1S/C19H23NO5S/c1-4-14-7-5-6-8-16(14)20-19(21)11-12-26(22,23)15-9-10-17(24-2)18(13-15)25-3/h5-10,13H,4,11-12H2,1-3H3,(H,20,21). The van der Waals surface area contributed by atoms with Crippen LogP contribution in [0, 0.1) is 0 Å². The second-order valence-corrected chi connectivity index (χ2v) is 7.75. The summed E-state index contributed by atoms with van der Waals surface area (Å²) >= 11 is 0. The molecule has 2 rings (SSSR count). The first-order valence-corrected chi connectivity index (χ1v) is 9.89. The van der Waals surface area contributed by atoms with E-state index >= 15 is 0 Å². The normalized spacial score (nSPS) is 11.0. The van der Waals surface area contributed by atoms with Gasteiger partial charge in [-0.25, -0.2) is 8.42 Å². The molecule has 0 radical (unpaired) electrons. The minimum atomic E-state index is -3.62. The topological polar surface area (TPSA) is 81.7 Å². The lowest BCUT2D eigenvalue weighted by Gasteiger charge is -2.11. The number of methoxy groups -OCH3 is 2. The van der Waals surface area contributed by atoms with Crippen molar-refractivity contribution in [3.8, 4) is 11.5 Å². The number of carbonyl (C=O) groups excluding carboxylic acids is 1. The van der Waals surface area contributed by atoms with E-state index in [0.29, 0.717) is 17.2 Å². The van der Waals surface area contributed by atoms with Crippen LogP contribution in [0.5, 0.6) is 11.5 Å². The van der Waals surface area contributed by atoms with Crippen LogP contribution in [0.4, 0.5) is 5.69 Å². The van der Waals surface area contributed by atoms with Crippen LogP contribution in [-0.2, 0) is 21.1 Å². The zero-order valence-electron chi connectivity index (χ0n) is 15.1. The lowest BCUT2D eigenvalue weighted by atomic mass is 10.1. The third-order valence-corrected chi connectivity index (χ3v) is 5.70. The number of hydrogen-bond acceptors (Lipinski definition) is 5. The van der Waals surface area contributed by atoms with Gasteiger partial charge in [0.05, 0.1) is 24.9 Å². The fraction of sp³-hybridized carbons (Fsp3) is 0.316. The fourth-order valence-corrected chi connectivity index (χ4v) is 3.77. The second-order valence-electron chi connectivity index (χ2n) is 5.64. The molecule has 0 aliphatic heterocycles. The van der Waals surface area contributed by atoms with Crippen LogP contribution in [0.3, 0.4) is 0 Å². The molecule has 0 fully saturated rings. The van der Waals surface area contributed by atoms with Gasteiger partial charge in [0.2, 0.25) is 5.91 Å². The highest BCUT2D eigenvalue weighted by Crippen LogP contribution is 2.30. The summed E-state index contributed by atoms with van der Waals surface area (Å²) in [6.45, 7) is 1.99. The highest BCUT2D eigenvalue weighted by molar-refractivity contribution is 7.91. The van der Waals surface area contributed by atoms with Gasteiger partial charge in [-0.15, -0.1) is 0 Å². The summed E-state index contributed by atoms with van der Waals surface area (Å²) in [6.07, 6.45) is 0.648. The summed E-state index contributed by atoms with van der Waals surface area (Å²) in [5.41, 5.74) is 1.71. The quantitative estimate of drug-likeness (QED) is 0.765. The Hall–Kier alpha value is -2.54. The zero-order chi connectivity index (χ0) is 19.2. The van der Waals surface area contributed by atoms with Crippen LogP contribution in [0.1, 0.15) is 18.9 Å². The Balaban J connectivity index is 2.07. The van der Waals surface area contributed by atoms with Gasteiger partial charge in [-0.2, -0.15) is 0 Å². The third-order valence-electron chi connectivity index (χ3n) is 3.98. The average Bonchev–Trinajstić information content (AvgIpc) is 2.66. The molecule has 2 aromatic carbocycles. The van der Waals surface area contributed by atoms with Gasteiger partial charge >= 0.3 is 0 Å². The molecule has 0 atom stereocenters. The fourth-order valence-electron chi connectivity index (χ4n) is 2.52. The predicted octanol–water partition coefficient (Wildman–Crippen LogP) is 3.07. The van der Waals surface area contributed by atoms with Gasteiger partial charge in [-0.3, -0.25) is 4.79 Å². The van der Waals surface area contributed by atoms with Gasteiger partial charge in [-0.05, 0) is 30.2 Å². The van der Waals surface area contributed by atoms with Crippen molar-refractivity contribution in [1.29, 1.82) is 0 Å². The van der Waals surface area contributed by atoms with Crippen LogP contribution in [0.15, 0.2) is 47.4 Å². The summed E-state index contributed by atoms with van der Waals surface area (Å²) in [7, 11) is -0.703. The van der Waals surface area contributed by atoms with Crippen LogP contribution in [0.25, 0.3) is 0 Å². The SMILES string of the molecule is CCc1ccccc1NC(=O)CCS(=O)(=O)c1ccc(OC)c(OC)c1. The number of para-hydroxylation sites is 1. The van der Waals surface area contributed by atoms with Crippen molar-refractivity contribution in [2.45, 2.75) is 24.7 Å². The van der Waals surface area contributed by atoms with E-state index in [1.165, 1.54) is 32.4 Å². The Morgan fingerprint density at radius 1 is 1.04 bits per heavy atom. The van der Waals surface area contributed by atoms with Crippen molar-refractivity contribution in [2.75, 3.05) is 25.3 Å². The molecule has 26 heavy (non-hydrogen) atoms. The molecular formula is C19H23NO5S. The summed E-state index contributed by atoms with van der Waals surface area (Å²) in [5, 5.41) is 2.78. The molecule has 1 N–H and O–H groups in total. The average molecular weight is 377 g/mol. The van der Waals surface area contributed by atoms with Crippen molar-refractivity contribution in [2.24, 2.45) is 0 Å².